The van der Waals surface area contributed by atoms with E-state index < -0.39 is 47.2 Å². The van der Waals surface area contributed by atoms with Crippen molar-refractivity contribution in [3.05, 3.63) is 101 Å². The molecule has 13 heteroatoms. The lowest BCUT2D eigenvalue weighted by molar-refractivity contribution is -0.137. The van der Waals surface area contributed by atoms with E-state index in [-0.39, 0.29) is 26.9 Å². The third-order valence-corrected chi connectivity index (χ3v) is 8.19. The molecule has 0 spiro atoms. The average molecular weight is 595 g/mol. The lowest BCUT2D eigenvalue weighted by Crippen LogP contribution is -2.57. The zero-order valence-corrected chi connectivity index (χ0v) is 23.4. The smallest absolute Gasteiger partial charge is 0.354 e. The fourth-order valence-corrected chi connectivity index (χ4v) is 6.11. The Balaban J connectivity index is 1.71. The molecule has 2 unspecified atom stereocenters. The molecule has 0 fully saturated rings. The molecular weight excluding hydrogens is 570 g/mol. The minimum Gasteiger partial charge on any atom is -0.354 e. The summed E-state index contributed by atoms with van der Waals surface area (Å²) in [6.07, 6.45) is -1.97. The van der Waals surface area contributed by atoms with E-state index in [0.717, 1.165) is 12.1 Å². The predicted molar refractivity (Wildman–Crippen MR) is 150 cm³/mol. The fraction of sp³-hybridized carbons (Fsp3) is 0.207. The summed E-state index contributed by atoms with van der Waals surface area (Å²) in [6, 6.07) is 11.4. The Morgan fingerprint density at radius 2 is 1.79 bits per heavy atom. The molecule has 3 amide bonds. The monoisotopic (exact) mass is 594 g/mol. The summed E-state index contributed by atoms with van der Waals surface area (Å²) >= 11 is 0. The van der Waals surface area contributed by atoms with Crippen molar-refractivity contribution in [2.75, 3.05) is 18.5 Å². The molecule has 0 bridgehead atoms. The van der Waals surface area contributed by atoms with E-state index in [1.807, 2.05) is 0 Å². The number of halogens is 4. The van der Waals surface area contributed by atoms with Gasteiger partial charge in [-0.15, -0.1) is 0 Å². The number of nitrogens with zero attached hydrogens (tertiary/aromatic N) is 3. The minimum atomic E-state index is -4.68. The summed E-state index contributed by atoms with van der Waals surface area (Å²) < 4.78 is 55.6. The number of carbonyl (C=O) groups is 3. The molecule has 3 aromatic rings. The average Bonchev–Trinajstić information content (AvgIpc) is 3.38. The van der Waals surface area contributed by atoms with Crippen LogP contribution in [0.4, 0.5) is 23.4 Å². The van der Waals surface area contributed by atoms with Gasteiger partial charge in [0.2, 0.25) is 0 Å². The van der Waals surface area contributed by atoms with Crippen molar-refractivity contribution in [3.8, 4) is 5.69 Å². The number of benzene rings is 2. The van der Waals surface area contributed by atoms with E-state index in [4.69, 9.17) is 0 Å². The number of para-hydroxylation sites is 1. The van der Waals surface area contributed by atoms with Gasteiger partial charge >= 0.3 is 6.18 Å². The normalized spacial score (nSPS) is 18.2. The number of allylic oxidation sites excluding steroid dienone is 3. The van der Waals surface area contributed by atoms with Crippen molar-refractivity contribution in [2.24, 2.45) is 0 Å². The minimum absolute atomic E-state index is 0.00801. The van der Waals surface area contributed by atoms with E-state index in [9.17, 15) is 31.9 Å². The van der Waals surface area contributed by atoms with Gasteiger partial charge in [-0.25, -0.2) is 9.07 Å². The van der Waals surface area contributed by atoms with Crippen molar-refractivity contribution in [1.29, 1.82) is 0 Å². The van der Waals surface area contributed by atoms with Gasteiger partial charge in [-0.05, 0) is 49.0 Å². The Morgan fingerprint density at radius 3 is 2.40 bits per heavy atom. The SMILES string of the molecule is CCN1C(=O)C(NC(=O)c2cccc(C(F)(F)F)c2)C(C2=[Si]C=C(F)C=C2)c2c(C(=O)NC)nn(-c3ccccc3)c21. The molecule has 0 aliphatic carbocycles. The predicted octanol–water partition coefficient (Wildman–Crippen LogP) is 3.76. The maximum absolute atomic E-state index is 14.1. The van der Waals surface area contributed by atoms with Crippen LogP contribution in [0.2, 0.25) is 0 Å². The van der Waals surface area contributed by atoms with Gasteiger partial charge < -0.3 is 10.6 Å². The van der Waals surface area contributed by atoms with Gasteiger partial charge in [-0.1, -0.05) is 35.5 Å². The summed E-state index contributed by atoms with van der Waals surface area (Å²) in [7, 11) is 1.19. The number of rotatable bonds is 6. The lowest BCUT2D eigenvalue weighted by atomic mass is 9.83. The maximum Gasteiger partial charge on any atom is 0.416 e. The van der Waals surface area contributed by atoms with Crippen LogP contribution in [0, 0.1) is 0 Å². The van der Waals surface area contributed by atoms with Crippen LogP contribution in [0.15, 0.2) is 78.3 Å². The van der Waals surface area contributed by atoms with Crippen LogP contribution in [-0.2, 0) is 11.0 Å². The number of nitrogens with one attached hydrogen (secondary N) is 2. The molecule has 2 aliphatic rings. The van der Waals surface area contributed by atoms with E-state index in [2.05, 4.69) is 15.7 Å². The van der Waals surface area contributed by atoms with Gasteiger partial charge in [0.05, 0.1) is 20.4 Å². The summed E-state index contributed by atoms with van der Waals surface area (Å²) in [4.78, 5) is 42.1. The first-order chi connectivity index (χ1) is 20.0. The van der Waals surface area contributed by atoms with Gasteiger partial charge in [-0.2, -0.15) is 18.3 Å². The highest BCUT2D eigenvalue weighted by molar-refractivity contribution is 6.63. The Bertz CT molecular complexity index is 1660. The Kier molecular flexibility index (Phi) is 7.78. The van der Waals surface area contributed by atoms with Crippen molar-refractivity contribution < 1.29 is 31.9 Å². The third kappa shape index (κ3) is 5.22. The number of likely N-dealkylation sites (N-methyl/N-ethyl adjacent to an activating group) is 1. The van der Waals surface area contributed by atoms with E-state index in [0.29, 0.717) is 28.3 Å². The summed E-state index contributed by atoms with van der Waals surface area (Å²) in [6.45, 7) is 1.84. The van der Waals surface area contributed by atoms with Crippen LogP contribution in [-0.4, -0.2) is 61.4 Å². The zero-order chi connectivity index (χ0) is 30.2. The number of hydrogen-bond acceptors (Lipinski definition) is 4. The van der Waals surface area contributed by atoms with Crippen LogP contribution in [0.1, 0.15) is 44.8 Å². The molecule has 0 saturated carbocycles. The largest absolute Gasteiger partial charge is 0.416 e. The van der Waals surface area contributed by atoms with Crippen LogP contribution in [0.3, 0.4) is 0 Å². The summed E-state index contributed by atoms with van der Waals surface area (Å²) in [5.41, 5.74) is 0.908. The molecule has 2 atom stereocenters. The van der Waals surface area contributed by atoms with Gasteiger partial charge in [0.15, 0.2) is 5.69 Å². The summed E-state index contributed by atoms with van der Waals surface area (Å²) in [5.74, 6) is -3.17. The van der Waals surface area contributed by atoms with Crippen molar-refractivity contribution >= 4 is 37.8 Å². The molecule has 0 saturated heterocycles. The van der Waals surface area contributed by atoms with Gasteiger partial charge in [0, 0.05) is 30.6 Å². The van der Waals surface area contributed by atoms with Crippen LogP contribution in [0.5, 0.6) is 0 Å². The molecule has 215 valence electrons. The summed E-state index contributed by atoms with van der Waals surface area (Å²) in [5, 5.41) is 10.3. The first-order valence-electron chi connectivity index (χ1n) is 12.9. The molecule has 2 aromatic carbocycles. The second-order valence-electron chi connectivity index (χ2n) is 9.46. The van der Waals surface area contributed by atoms with E-state index in [1.54, 1.807) is 37.3 Å². The second kappa shape index (κ2) is 11.3. The lowest BCUT2D eigenvalue weighted by Gasteiger charge is -2.39. The number of anilines is 1. The van der Waals surface area contributed by atoms with Gasteiger partial charge in [0.25, 0.3) is 17.7 Å². The van der Waals surface area contributed by atoms with E-state index in [1.165, 1.54) is 40.5 Å². The molecule has 5 rings (SSSR count). The zero-order valence-electron chi connectivity index (χ0n) is 22.4. The van der Waals surface area contributed by atoms with Crippen molar-refractivity contribution in [2.45, 2.75) is 25.1 Å². The Labute approximate surface area is 240 Å². The molecule has 8 nitrogen and oxygen atoms in total. The molecule has 42 heavy (non-hydrogen) atoms. The van der Waals surface area contributed by atoms with Crippen LogP contribution < -0.4 is 15.5 Å². The molecule has 1 aromatic heterocycles. The highest BCUT2D eigenvalue weighted by Crippen LogP contribution is 2.41. The number of hydrogen-bond donors (Lipinski definition) is 2. The number of aromatic nitrogens is 2. The number of fused-ring (bicyclic) bond motifs is 1. The first kappa shape index (κ1) is 28.9. The standard InChI is InChI=1S/C29H24F4N5O3Si/c1-3-37-27-22(23(26(40)34-2)36-38(27)19-10-5-4-6-11-19)21(20-13-12-18(30)15-42-20)24(28(37)41)35-25(39)16-8-7-9-17(14-16)29(31,32)33/h4-15,21,24H,3H2,1-2H3,(H,34,40)(H,35,39). The van der Waals surface area contributed by atoms with E-state index >= 15 is 0 Å². The van der Waals surface area contributed by atoms with Crippen molar-refractivity contribution in [1.82, 2.24) is 20.4 Å². The first-order valence-corrected chi connectivity index (χ1v) is 14.0. The van der Waals surface area contributed by atoms with Gasteiger partial charge in [0.1, 0.15) is 17.7 Å². The molecule has 3 heterocycles. The number of alkyl halides is 3. The highest BCUT2D eigenvalue weighted by atomic mass is 28.2. The maximum atomic E-state index is 14.1. The topological polar surface area (TPSA) is 96.3 Å². The van der Waals surface area contributed by atoms with Crippen LogP contribution >= 0.6 is 0 Å². The van der Waals surface area contributed by atoms with Gasteiger partial charge in [-0.3, -0.25) is 19.3 Å². The Morgan fingerprint density at radius 1 is 1.05 bits per heavy atom. The third-order valence-electron chi connectivity index (χ3n) is 6.96. The molecule has 1 radical (unpaired) electrons. The van der Waals surface area contributed by atoms with Crippen molar-refractivity contribution in [3.63, 3.8) is 0 Å². The molecule has 2 aliphatic heterocycles. The highest BCUT2D eigenvalue weighted by Gasteiger charge is 2.47. The molecule has 2 N–H and O–H groups in total. The number of amides is 3. The number of carbonyl (C=O) groups excluding carboxylic acids is 3. The van der Waals surface area contributed by atoms with Crippen LogP contribution in [0.25, 0.3) is 5.69 Å². The molecular formula is C29H24F4N5O3Si. The quantitative estimate of drug-likeness (QED) is 0.336. The second-order valence-corrected chi connectivity index (χ2v) is 10.6. The fourth-order valence-electron chi connectivity index (χ4n) is 5.04. The Hall–Kier alpha value is -4.65.